The molecule has 3 atom stereocenters. The molecule has 0 heterocycles. The van der Waals surface area contributed by atoms with Gasteiger partial charge in [0, 0.05) is 4.47 Å². The van der Waals surface area contributed by atoms with E-state index in [1.807, 2.05) is 6.07 Å². The van der Waals surface area contributed by atoms with Gasteiger partial charge < -0.3 is 5.73 Å². The van der Waals surface area contributed by atoms with Crippen LogP contribution in [-0.2, 0) is 6.42 Å². The molecule has 0 amide bonds. The Bertz CT molecular complexity index is 407. The Hall–Kier alpha value is -0.410. The molecule has 0 spiro atoms. The molecule has 1 nitrogen and oxygen atoms in total. The molecule has 1 aromatic rings. The predicted molar refractivity (Wildman–Crippen MR) is 76.9 cm³/mol. The zero-order valence-electron chi connectivity index (χ0n) is 10.8. The molecule has 0 aromatic heterocycles. The maximum Gasteiger partial charge on any atom is 0.124 e. The van der Waals surface area contributed by atoms with E-state index in [1.54, 1.807) is 12.1 Å². The monoisotopic (exact) mass is 313 g/mol. The van der Waals surface area contributed by atoms with Crippen LogP contribution < -0.4 is 5.73 Å². The summed E-state index contributed by atoms with van der Waals surface area (Å²) in [6.07, 6.45) is 4.78. The zero-order valence-corrected chi connectivity index (χ0v) is 12.4. The highest BCUT2D eigenvalue weighted by atomic mass is 79.9. The van der Waals surface area contributed by atoms with Crippen LogP contribution in [0, 0.1) is 23.6 Å². The van der Waals surface area contributed by atoms with Gasteiger partial charge in [0.25, 0.3) is 0 Å². The van der Waals surface area contributed by atoms with Crippen molar-refractivity contribution in [2.45, 2.75) is 32.6 Å². The molecular formula is C15H21BrFN. The molecule has 0 aliphatic heterocycles. The van der Waals surface area contributed by atoms with E-state index in [1.165, 1.54) is 24.8 Å². The minimum atomic E-state index is -0.182. The van der Waals surface area contributed by atoms with Gasteiger partial charge in [-0.25, -0.2) is 4.39 Å². The summed E-state index contributed by atoms with van der Waals surface area (Å²) in [5.74, 6) is 1.87. The van der Waals surface area contributed by atoms with Crippen LogP contribution in [0.4, 0.5) is 4.39 Å². The highest BCUT2D eigenvalue weighted by Gasteiger charge is 2.28. The third-order valence-corrected chi connectivity index (χ3v) is 4.94. The first kappa shape index (κ1) is 14.0. The Kier molecular flexibility index (Phi) is 4.79. The Balaban J connectivity index is 2.10. The van der Waals surface area contributed by atoms with E-state index in [2.05, 4.69) is 22.9 Å². The van der Waals surface area contributed by atoms with Crippen LogP contribution in [0.3, 0.4) is 0 Å². The Labute approximate surface area is 117 Å². The van der Waals surface area contributed by atoms with Crippen molar-refractivity contribution in [2.75, 3.05) is 6.54 Å². The molecular weight excluding hydrogens is 293 g/mol. The number of nitrogens with two attached hydrogens (primary N) is 1. The van der Waals surface area contributed by atoms with Gasteiger partial charge in [-0.1, -0.05) is 35.3 Å². The summed E-state index contributed by atoms with van der Waals surface area (Å²) in [5, 5.41) is 0. The highest BCUT2D eigenvalue weighted by Crippen LogP contribution is 2.36. The fourth-order valence-corrected chi connectivity index (χ4v) is 3.60. The Morgan fingerprint density at radius 2 is 2.11 bits per heavy atom. The second-order valence-corrected chi connectivity index (χ2v) is 6.47. The molecule has 1 aromatic carbocycles. The molecule has 1 fully saturated rings. The van der Waals surface area contributed by atoms with Crippen LogP contribution in [0.2, 0.25) is 0 Å². The topological polar surface area (TPSA) is 26.0 Å². The second-order valence-electron chi connectivity index (χ2n) is 5.61. The summed E-state index contributed by atoms with van der Waals surface area (Å²) in [6, 6.07) is 5.00. The van der Waals surface area contributed by atoms with Gasteiger partial charge in [0.15, 0.2) is 0 Å². The lowest BCUT2D eigenvalue weighted by Gasteiger charge is -2.34. The van der Waals surface area contributed by atoms with Crippen molar-refractivity contribution in [1.29, 1.82) is 0 Å². The normalized spacial score (nSPS) is 28.3. The number of hydrogen-bond donors (Lipinski definition) is 1. The van der Waals surface area contributed by atoms with E-state index in [-0.39, 0.29) is 5.82 Å². The van der Waals surface area contributed by atoms with E-state index in [0.29, 0.717) is 11.8 Å². The molecule has 3 heteroatoms. The Morgan fingerprint density at radius 1 is 1.33 bits per heavy atom. The SMILES string of the molecule is CC1CCC(CN)C(Cc2ccc(F)cc2Br)C1. The molecule has 1 saturated carbocycles. The van der Waals surface area contributed by atoms with E-state index >= 15 is 0 Å². The molecule has 0 saturated heterocycles. The van der Waals surface area contributed by atoms with Gasteiger partial charge >= 0.3 is 0 Å². The van der Waals surface area contributed by atoms with Gasteiger partial charge in [0.2, 0.25) is 0 Å². The molecule has 2 N–H and O–H groups in total. The van der Waals surface area contributed by atoms with Crippen LogP contribution in [0.1, 0.15) is 31.7 Å². The minimum absolute atomic E-state index is 0.182. The van der Waals surface area contributed by atoms with Crippen molar-refractivity contribution in [3.8, 4) is 0 Å². The van der Waals surface area contributed by atoms with Crippen LogP contribution in [0.25, 0.3) is 0 Å². The van der Waals surface area contributed by atoms with E-state index < -0.39 is 0 Å². The predicted octanol–water partition coefficient (Wildman–Crippen LogP) is 4.14. The number of halogens is 2. The lowest BCUT2D eigenvalue weighted by molar-refractivity contribution is 0.193. The number of rotatable bonds is 3. The first-order chi connectivity index (χ1) is 8.60. The van der Waals surface area contributed by atoms with Crippen LogP contribution in [0.5, 0.6) is 0 Å². The fraction of sp³-hybridized carbons (Fsp3) is 0.600. The van der Waals surface area contributed by atoms with Gasteiger partial charge in [-0.2, -0.15) is 0 Å². The molecule has 1 aliphatic rings. The maximum atomic E-state index is 13.1. The van der Waals surface area contributed by atoms with E-state index in [4.69, 9.17) is 5.73 Å². The van der Waals surface area contributed by atoms with Crippen molar-refractivity contribution >= 4 is 15.9 Å². The lowest BCUT2D eigenvalue weighted by atomic mass is 9.72. The summed E-state index contributed by atoms with van der Waals surface area (Å²) < 4.78 is 14.0. The average Bonchev–Trinajstić information content (AvgIpc) is 2.33. The Morgan fingerprint density at radius 3 is 2.78 bits per heavy atom. The standard InChI is InChI=1S/C15H21BrFN/c1-10-2-3-12(9-18)13(6-10)7-11-4-5-14(17)8-15(11)16/h4-5,8,10,12-13H,2-3,6-7,9,18H2,1H3. The molecule has 0 radical (unpaired) electrons. The largest absolute Gasteiger partial charge is 0.330 e. The average molecular weight is 314 g/mol. The van der Waals surface area contributed by atoms with Crippen LogP contribution >= 0.6 is 15.9 Å². The van der Waals surface area contributed by atoms with Gasteiger partial charge in [-0.05, 0) is 61.3 Å². The summed E-state index contributed by atoms with van der Waals surface area (Å²) in [5.41, 5.74) is 7.09. The summed E-state index contributed by atoms with van der Waals surface area (Å²) in [6.45, 7) is 3.09. The first-order valence-electron chi connectivity index (χ1n) is 6.74. The molecule has 2 rings (SSSR count). The summed E-state index contributed by atoms with van der Waals surface area (Å²) in [4.78, 5) is 0. The van der Waals surface area contributed by atoms with Crippen molar-refractivity contribution in [3.63, 3.8) is 0 Å². The molecule has 1 aliphatic carbocycles. The van der Waals surface area contributed by atoms with Crippen LogP contribution in [0.15, 0.2) is 22.7 Å². The molecule has 3 unspecified atom stereocenters. The van der Waals surface area contributed by atoms with Gasteiger partial charge in [0.1, 0.15) is 5.82 Å². The van der Waals surface area contributed by atoms with Crippen molar-refractivity contribution < 1.29 is 4.39 Å². The highest BCUT2D eigenvalue weighted by molar-refractivity contribution is 9.10. The lowest BCUT2D eigenvalue weighted by Crippen LogP contribution is -2.31. The third kappa shape index (κ3) is 3.33. The molecule has 18 heavy (non-hydrogen) atoms. The van der Waals surface area contributed by atoms with E-state index in [0.717, 1.165) is 23.4 Å². The fourth-order valence-electron chi connectivity index (χ4n) is 3.09. The first-order valence-corrected chi connectivity index (χ1v) is 7.53. The van der Waals surface area contributed by atoms with Crippen molar-refractivity contribution in [2.24, 2.45) is 23.5 Å². The van der Waals surface area contributed by atoms with Crippen molar-refractivity contribution in [1.82, 2.24) is 0 Å². The zero-order chi connectivity index (χ0) is 13.1. The van der Waals surface area contributed by atoms with Gasteiger partial charge in [-0.15, -0.1) is 0 Å². The van der Waals surface area contributed by atoms with Gasteiger partial charge in [-0.3, -0.25) is 0 Å². The number of benzene rings is 1. The maximum absolute atomic E-state index is 13.1. The van der Waals surface area contributed by atoms with E-state index in [9.17, 15) is 4.39 Å². The molecule has 100 valence electrons. The van der Waals surface area contributed by atoms with Crippen molar-refractivity contribution in [3.05, 3.63) is 34.1 Å². The summed E-state index contributed by atoms with van der Waals surface area (Å²) in [7, 11) is 0. The smallest absolute Gasteiger partial charge is 0.124 e. The third-order valence-electron chi connectivity index (χ3n) is 4.20. The molecule has 0 bridgehead atoms. The minimum Gasteiger partial charge on any atom is -0.330 e. The van der Waals surface area contributed by atoms with Gasteiger partial charge in [0.05, 0.1) is 0 Å². The number of hydrogen-bond acceptors (Lipinski definition) is 1. The summed E-state index contributed by atoms with van der Waals surface area (Å²) >= 11 is 3.46. The quantitative estimate of drug-likeness (QED) is 0.891. The van der Waals surface area contributed by atoms with Crippen LogP contribution in [-0.4, -0.2) is 6.54 Å². The second kappa shape index (κ2) is 6.16.